The fraction of sp³-hybridized carbons (Fsp3) is 0.375. The van der Waals surface area contributed by atoms with Gasteiger partial charge in [0.1, 0.15) is 35.3 Å². The second kappa shape index (κ2) is 10.7. The first kappa shape index (κ1) is 23.7. The number of thioether (sulfide) groups is 1. The average molecular weight is 473 g/mol. The highest BCUT2D eigenvalue weighted by atomic mass is 32.2. The molecule has 2 aromatic rings. The number of nitrogens with one attached hydrogen (secondary N) is 2. The van der Waals surface area contributed by atoms with E-state index < -0.39 is 42.0 Å². The highest BCUT2D eigenvalue weighted by Crippen LogP contribution is 2.32. The van der Waals surface area contributed by atoms with Gasteiger partial charge in [-0.1, -0.05) is 72.4 Å². The number of benzene rings is 2. The van der Waals surface area contributed by atoms with Crippen molar-refractivity contribution >= 4 is 17.7 Å². The van der Waals surface area contributed by atoms with E-state index in [9.17, 15) is 25.2 Å². The lowest BCUT2D eigenvalue weighted by Gasteiger charge is -2.41. The summed E-state index contributed by atoms with van der Waals surface area (Å²) in [4.78, 5) is 13.1. The number of aliphatic hydroxyl groups excluding tert-OH is 4. The number of carbonyl (C=O) groups is 1. The molecule has 0 bridgehead atoms. The van der Waals surface area contributed by atoms with Gasteiger partial charge in [-0.2, -0.15) is 0 Å². The quantitative estimate of drug-likeness (QED) is 0.338. The molecule has 33 heavy (non-hydrogen) atoms. The molecule has 1 saturated heterocycles. The number of carbonyl (C=O) groups excluding carboxylic acids is 1. The Morgan fingerprint density at radius 1 is 0.818 bits per heavy atom. The summed E-state index contributed by atoms with van der Waals surface area (Å²) < 4.78 is 5.59. The zero-order valence-electron chi connectivity index (χ0n) is 17.9. The number of amides is 1. The SMILES string of the molecule is O=C1NC(S[C@@H]2O[C@H](CO)[C@@H](O)[C@H](O)[C@H]2O)NC(Cc2ccccc2)=C1Cc1ccccc1. The Balaban J connectivity index is 1.55. The molecule has 176 valence electrons. The van der Waals surface area contributed by atoms with Gasteiger partial charge in [0, 0.05) is 24.1 Å². The van der Waals surface area contributed by atoms with Crippen LogP contribution in [0, 0.1) is 0 Å². The zero-order valence-corrected chi connectivity index (χ0v) is 18.7. The molecule has 6 atom stereocenters. The Hall–Kier alpha value is -2.40. The van der Waals surface area contributed by atoms with Gasteiger partial charge in [0.05, 0.1) is 6.61 Å². The number of hydrogen-bond donors (Lipinski definition) is 6. The van der Waals surface area contributed by atoms with Gasteiger partial charge >= 0.3 is 0 Å². The van der Waals surface area contributed by atoms with Crippen LogP contribution < -0.4 is 10.6 Å². The molecule has 6 N–H and O–H groups in total. The molecule has 1 fully saturated rings. The second-order valence-electron chi connectivity index (χ2n) is 8.11. The lowest BCUT2D eigenvalue weighted by Crippen LogP contribution is -2.59. The predicted molar refractivity (Wildman–Crippen MR) is 124 cm³/mol. The highest BCUT2D eigenvalue weighted by Gasteiger charge is 2.45. The van der Waals surface area contributed by atoms with Crippen LogP contribution in [0.1, 0.15) is 11.1 Å². The standard InChI is InChI=1S/C24H28N2O6S/c27-13-18-19(28)20(29)21(30)23(32-18)33-24-25-17(12-15-9-5-2-6-10-15)16(22(31)26-24)11-14-7-3-1-4-8-14/h1-10,18-21,23-25,27-30H,11-13H2,(H,26,31)/t18-,19-,20+,21-,23+,24?/m1/s1. The van der Waals surface area contributed by atoms with E-state index in [2.05, 4.69) is 10.6 Å². The Labute approximate surface area is 196 Å². The van der Waals surface area contributed by atoms with Crippen molar-refractivity contribution in [2.45, 2.75) is 48.2 Å². The van der Waals surface area contributed by atoms with E-state index in [-0.39, 0.29) is 5.91 Å². The van der Waals surface area contributed by atoms with Crippen LogP contribution in [0.5, 0.6) is 0 Å². The van der Waals surface area contributed by atoms with Crippen LogP contribution in [0.2, 0.25) is 0 Å². The van der Waals surface area contributed by atoms with Gasteiger partial charge in [-0.05, 0) is 11.1 Å². The van der Waals surface area contributed by atoms with Gasteiger partial charge in [0.2, 0.25) is 0 Å². The van der Waals surface area contributed by atoms with Gasteiger partial charge in [-0.25, -0.2) is 0 Å². The van der Waals surface area contributed by atoms with Gasteiger partial charge in [0.15, 0.2) is 0 Å². The second-order valence-corrected chi connectivity index (χ2v) is 9.32. The molecule has 8 nitrogen and oxygen atoms in total. The molecule has 4 rings (SSSR count). The topological polar surface area (TPSA) is 131 Å². The first-order chi connectivity index (χ1) is 16.0. The van der Waals surface area contributed by atoms with Crippen molar-refractivity contribution in [3.63, 3.8) is 0 Å². The Morgan fingerprint density at radius 2 is 1.42 bits per heavy atom. The Kier molecular flexibility index (Phi) is 7.69. The van der Waals surface area contributed by atoms with E-state index in [1.54, 1.807) is 0 Å². The first-order valence-corrected chi connectivity index (χ1v) is 11.7. The molecule has 2 aliphatic rings. The fourth-order valence-electron chi connectivity index (χ4n) is 3.95. The van der Waals surface area contributed by atoms with Crippen LogP contribution in [0.3, 0.4) is 0 Å². The number of aliphatic hydroxyl groups is 4. The van der Waals surface area contributed by atoms with E-state index in [0.717, 1.165) is 28.6 Å². The third-order valence-corrected chi connectivity index (χ3v) is 6.94. The van der Waals surface area contributed by atoms with E-state index in [1.165, 1.54) is 0 Å². The van der Waals surface area contributed by atoms with Gasteiger partial charge in [-0.3, -0.25) is 4.79 Å². The van der Waals surface area contributed by atoms with E-state index in [0.29, 0.717) is 18.4 Å². The van der Waals surface area contributed by atoms with Crippen molar-refractivity contribution in [1.82, 2.24) is 10.6 Å². The minimum atomic E-state index is -1.47. The van der Waals surface area contributed by atoms with E-state index in [1.807, 2.05) is 60.7 Å². The monoisotopic (exact) mass is 472 g/mol. The highest BCUT2D eigenvalue weighted by molar-refractivity contribution is 8.00. The van der Waals surface area contributed by atoms with Crippen LogP contribution in [0.25, 0.3) is 0 Å². The minimum absolute atomic E-state index is 0.231. The Bertz CT molecular complexity index is 971. The molecule has 9 heteroatoms. The molecule has 2 aromatic carbocycles. The molecular weight excluding hydrogens is 444 g/mol. The Morgan fingerprint density at radius 3 is 2.03 bits per heavy atom. The maximum Gasteiger partial charge on any atom is 0.251 e. The first-order valence-electron chi connectivity index (χ1n) is 10.8. The summed E-state index contributed by atoms with van der Waals surface area (Å²) in [6, 6.07) is 19.5. The molecule has 0 saturated carbocycles. The summed E-state index contributed by atoms with van der Waals surface area (Å²) in [5, 5.41) is 46.1. The number of allylic oxidation sites excluding steroid dienone is 1. The minimum Gasteiger partial charge on any atom is -0.394 e. The van der Waals surface area contributed by atoms with Crippen molar-refractivity contribution in [1.29, 1.82) is 0 Å². The van der Waals surface area contributed by atoms with E-state index >= 15 is 0 Å². The zero-order chi connectivity index (χ0) is 23.4. The fourth-order valence-corrected chi connectivity index (χ4v) is 5.13. The molecule has 0 aromatic heterocycles. The molecule has 0 aliphatic carbocycles. The predicted octanol–water partition coefficient (Wildman–Crippen LogP) is 0.262. The van der Waals surface area contributed by atoms with Crippen LogP contribution >= 0.6 is 11.8 Å². The van der Waals surface area contributed by atoms with Crippen molar-refractivity contribution in [2.24, 2.45) is 0 Å². The summed E-state index contributed by atoms with van der Waals surface area (Å²) >= 11 is 1.07. The van der Waals surface area contributed by atoms with Gasteiger partial charge in [0.25, 0.3) is 5.91 Å². The van der Waals surface area contributed by atoms with Crippen molar-refractivity contribution in [2.75, 3.05) is 6.61 Å². The average Bonchev–Trinajstić information content (AvgIpc) is 2.83. The van der Waals surface area contributed by atoms with Crippen LogP contribution in [0.4, 0.5) is 0 Å². The normalized spacial score (nSPS) is 30.0. The van der Waals surface area contributed by atoms with Crippen molar-refractivity contribution in [3.05, 3.63) is 83.1 Å². The van der Waals surface area contributed by atoms with E-state index in [4.69, 9.17) is 4.74 Å². The molecule has 0 spiro atoms. The summed E-state index contributed by atoms with van der Waals surface area (Å²) in [6.07, 6.45) is -4.32. The molecule has 2 aliphatic heterocycles. The number of hydrogen-bond acceptors (Lipinski definition) is 8. The summed E-state index contributed by atoms with van der Waals surface area (Å²) in [5.41, 5.74) is 1.82. The number of ether oxygens (including phenoxy) is 1. The smallest absolute Gasteiger partial charge is 0.251 e. The molecule has 0 radical (unpaired) electrons. The van der Waals surface area contributed by atoms with Gasteiger partial charge < -0.3 is 35.8 Å². The van der Waals surface area contributed by atoms with Crippen LogP contribution in [0.15, 0.2) is 71.9 Å². The summed E-state index contributed by atoms with van der Waals surface area (Å²) in [6.45, 7) is -0.507. The van der Waals surface area contributed by atoms with Crippen molar-refractivity contribution < 1.29 is 30.0 Å². The lowest BCUT2D eigenvalue weighted by molar-refractivity contribution is -0.205. The maximum atomic E-state index is 13.1. The molecule has 2 heterocycles. The summed E-state index contributed by atoms with van der Waals surface area (Å²) in [5.74, 6) is -0.231. The third kappa shape index (κ3) is 5.57. The largest absolute Gasteiger partial charge is 0.394 e. The van der Waals surface area contributed by atoms with Crippen LogP contribution in [-0.2, 0) is 22.4 Å². The van der Waals surface area contributed by atoms with Crippen LogP contribution in [-0.4, -0.2) is 68.3 Å². The summed E-state index contributed by atoms with van der Waals surface area (Å²) in [7, 11) is 0. The third-order valence-electron chi connectivity index (χ3n) is 5.77. The molecular formula is C24H28N2O6S. The van der Waals surface area contributed by atoms with Crippen molar-refractivity contribution in [3.8, 4) is 0 Å². The number of rotatable bonds is 7. The molecule has 1 unspecified atom stereocenters. The lowest BCUT2D eigenvalue weighted by atomic mass is 9.98. The van der Waals surface area contributed by atoms with Gasteiger partial charge in [-0.15, -0.1) is 0 Å². The molecule has 1 amide bonds. The maximum absolute atomic E-state index is 13.1.